The molecule has 1 aromatic carbocycles. The molecule has 1 aliphatic rings. The van der Waals surface area contributed by atoms with Gasteiger partial charge >= 0.3 is 0 Å². The Morgan fingerprint density at radius 3 is 2.71 bits per heavy atom. The van der Waals surface area contributed by atoms with E-state index in [1.165, 1.54) is 11.8 Å². The van der Waals surface area contributed by atoms with Gasteiger partial charge in [-0.1, -0.05) is 41.6 Å². The van der Waals surface area contributed by atoms with Gasteiger partial charge in [-0.2, -0.15) is 5.10 Å². The van der Waals surface area contributed by atoms with Crippen LogP contribution >= 0.6 is 23.4 Å². The topological polar surface area (TPSA) is 58.7 Å². The molecule has 0 spiro atoms. The number of pyridine rings is 1. The smallest absolute Gasteiger partial charge is 0.256 e. The molecule has 1 amide bonds. The number of hydrazone groups is 1. The van der Waals surface area contributed by atoms with Crippen molar-refractivity contribution in [3.63, 3.8) is 0 Å². The Labute approximate surface area is 172 Å². The van der Waals surface area contributed by atoms with Crippen molar-refractivity contribution in [1.82, 2.24) is 9.99 Å². The molecule has 7 heteroatoms. The van der Waals surface area contributed by atoms with E-state index in [0.717, 1.165) is 22.1 Å². The van der Waals surface area contributed by atoms with Gasteiger partial charge in [0.05, 0.1) is 22.3 Å². The van der Waals surface area contributed by atoms with Gasteiger partial charge in [-0.25, -0.2) is 9.99 Å². The number of aromatic nitrogens is 1. The van der Waals surface area contributed by atoms with Crippen molar-refractivity contribution < 1.29 is 9.21 Å². The maximum absolute atomic E-state index is 13.2. The Morgan fingerprint density at radius 1 is 1.21 bits per heavy atom. The summed E-state index contributed by atoms with van der Waals surface area (Å²) in [5.74, 6) is 0.636. The van der Waals surface area contributed by atoms with E-state index in [1.54, 1.807) is 17.5 Å². The van der Waals surface area contributed by atoms with Crippen molar-refractivity contribution in [2.75, 3.05) is 0 Å². The van der Waals surface area contributed by atoms with E-state index in [0.29, 0.717) is 11.4 Å². The van der Waals surface area contributed by atoms with Crippen molar-refractivity contribution >= 4 is 35.0 Å². The summed E-state index contributed by atoms with van der Waals surface area (Å²) in [4.78, 5) is 17.5. The van der Waals surface area contributed by atoms with Crippen LogP contribution in [-0.4, -0.2) is 26.9 Å². The number of thioether (sulfide) groups is 1. The van der Waals surface area contributed by atoms with Crippen molar-refractivity contribution in [2.24, 2.45) is 5.10 Å². The molecule has 28 heavy (non-hydrogen) atoms. The summed E-state index contributed by atoms with van der Waals surface area (Å²) in [6.45, 7) is 1.87. The number of benzene rings is 1. The van der Waals surface area contributed by atoms with E-state index < -0.39 is 0 Å². The number of rotatable bonds is 5. The fraction of sp³-hybridized carbons (Fsp3) is 0.190. The molecule has 4 rings (SSSR count). The third-order valence-corrected chi connectivity index (χ3v) is 5.76. The predicted octanol–water partition coefficient (Wildman–Crippen LogP) is 5.19. The number of furan rings is 1. The number of hydrogen-bond donors (Lipinski definition) is 0. The Morgan fingerprint density at radius 2 is 2.04 bits per heavy atom. The van der Waals surface area contributed by atoms with Crippen molar-refractivity contribution in [1.29, 1.82) is 0 Å². The SMILES string of the molecule is CC(Sc1ccccn1)C(=O)N1N=C(c2ccc(Cl)cc2)CC1c1ccco1. The van der Waals surface area contributed by atoms with Crippen LogP contribution in [0.15, 0.2) is 81.6 Å². The molecule has 0 bridgehead atoms. The molecule has 142 valence electrons. The lowest BCUT2D eigenvalue weighted by Gasteiger charge is -2.22. The van der Waals surface area contributed by atoms with Gasteiger partial charge in [0.1, 0.15) is 11.8 Å². The molecule has 2 aromatic heterocycles. The minimum atomic E-state index is -0.333. The van der Waals surface area contributed by atoms with Crippen LogP contribution in [-0.2, 0) is 4.79 Å². The van der Waals surface area contributed by atoms with Crippen molar-refractivity contribution in [2.45, 2.75) is 29.7 Å². The molecule has 2 atom stereocenters. The van der Waals surface area contributed by atoms with Gasteiger partial charge in [-0.05, 0) is 48.9 Å². The highest BCUT2D eigenvalue weighted by Gasteiger charge is 2.37. The van der Waals surface area contributed by atoms with E-state index in [2.05, 4.69) is 10.1 Å². The highest BCUT2D eigenvalue weighted by atomic mass is 35.5. The first-order chi connectivity index (χ1) is 13.6. The van der Waals surface area contributed by atoms with Crippen LogP contribution in [0.5, 0.6) is 0 Å². The molecule has 1 aliphatic heterocycles. The molecule has 0 fully saturated rings. The molecule has 0 saturated carbocycles. The van der Waals surface area contributed by atoms with Crippen LogP contribution in [0.4, 0.5) is 0 Å². The summed E-state index contributed by atoms with van der Waals surface area (Å²) in [7, 11) is 0. The molecule has 0 N–H and O–H groups in total. The van der Waals surface area contributed by atoms with E-state index in [9.17, 15) is 4.79 Å². The number of amides is 1. The summed E-state index contributed by atoms with van der Waals surface area (Å²) < 4.78 is 5.59. The lowest BCUT2D eigenvalue weighted by molar-refractivity contribution is -0.132. The summed E-state index contributed by atoms with van der Waals surface area (Å²) in [5.41, 5.74) is 1.78. The standard InChI is InChI=1S/C21H18ClN3O2S/c1-14(28-20-6-2-3-11-23-20)21(26)25-18(19-5-4-12-27-19)13-17(24-25)15-7-9-16(22)10-8-15/h2-12,14,18H,13H2,1H3. The molecule has 3 heterocycles. The third kappa shape index (κ3) is 3.98. The van der Waals surface area contributed by atoms with Gasteiger partial charge in [0, 0.05) is 17.6 Å². The largest absolute Gasteiger partial charge is 0.467 e. The van der Waals surface area contributed by atoms with Crippen molar-refractivity contribution in [3.05, 3.63) is 83.4 Å². The fourth-order valence-electron chi connectivity index (χ4n) is 3.07. The van der Waals surface area contributed by atoms with Gasteiger partial charge in [-0.3, -0.25) is 4.79 Å². The molecule has 0 saturated heterocycles. The van der Waals surface area contributed by atoms with Crippen LogP contribution in [0, 0.1) is 0 Å². The van der Waals surface area contributed by atoms with Crippen LogP contribution in [0.25, 0.3) is 0 Å². The zero-order chi connectivity index (χ0) is 19.5. The Kier molecular flexibility index (Phi) is 5.50. The second kappa shape index (κ2) is 8.20. The average molecular weight is 412 g/mol. The van der Waals surface area contributed by atoms with E-state index in [4.69, 9.17) is 16.0 Å². The van der Waals surface area contributed by atoms with Crippen LogP contribution in [0.1, 0.15) is 30.7 Å². The number of carbonyl (C=O) groups is 1. The van der Waals surface area contributed by atoms with Crippen LogP contribution in [0.3, 0.4) is 0 Å². The van der Waals surface area contributed by atoms with Crippen LogP contribution in [0.2, 0.25) is 5.02 Å². The monoisotopic (exact) mass is 411 g/mol. The molecular formula is C21H18ClN3O2S. The fourth-order valence-corrected chi connectivity index (χ4v) is 4.04. The van der Waals surface area contributed by atoms with E-state index in [1.807, 2.05) is 61.5 Å². The molecule has 3 aromatic rings. The van der Waals surface area contributed by atoms with Crippen LogP contribution < -0.4 is 0 Å². The second-order valence-corrected chi connectivity index (χ2v) is 8.20. The highest BCUT2D eigenvalue weighted by Crippen LogP contribution is 2.35. The number of nitrogens with zero attached hydrogens (tertiary/aromatic N) is 3. The lowest BCUT2D eigenvalue weighted by atomic mass is 10.0. The molecule has 0 radical (unpaired) electrons. The van der Waals surface area contributed by atoms with E-state index in [-0.39, 0.29) is 17.2 Å². The zero-order valence-corrected chi connectivity index (χ0v) is 16.7. The second-order valence-electron chi connectivity index (χ2n) is 6.40. The first kappa shape index (κ1) is 18.8. The van der Waals surface area contributed by atoms with Gasteiger partial charge in [0.25, 0.3) is 5.91 Å². The summed E-state index contributed by atoms with van der Waals surface area (Å²) >= 11 is 7.42. The number of carbonyl (C=O) groups excluding carboxylic acids is 1. The maximum atomic E-state index is 13.2. The minimum absolute atomic E-state index is 0.0824. The Hall–Kier alpha value is -2.57. The van der Waals surface area contributed by atoms with Crippen molar-refractivity contribution in [3.8, 4) is 0 Å². The predicted molar refractivity (Wildman–Crippen MR) is 110 cm³/mol. The van der Waals surface area contributed by atoms with Gasteiger partial charge in [0.15, 0.2) is 0 Å². The highest BCUT2D eigenvalue weighted by molar-refractivity contribution is 8.00. The van der Waals surface area contributed by atoms with Gasteiger partial charge < -0.3 is 4.42 Å². The number of halogens is 1. The van der Waals surface area contributed by atoms with Gasteiger partial charge in [0.2, 0.25) is 0 Å². The first-order valence-electron chi connectivity index (χ1n) is 8.89. The molecular weight excluding hydrogens is 394 g/mol. The molecule has 2 unspecified atom stereocenters. The maximum Gasteiger partial charge on any atom is 0.256 e. The average Bonchev–Trinajstić information content (AvgIpc) is 3.38. The van der Waals surface area contributed by atoms with E-state index >= 15 is 0 Å². The molecule has 0 aliphatic carbocycles. The minimum Gasteiger partial charge on any atom is -0.467 e. The third-order valence-electron chi connectivity index (χ3n) is 4.47. The lowest BCUT2D eigenvalue weighted by Crippen LogP contribution is -2.33. The molecule has 5 nitrogen and oxygen atoms in total. The summed E-state index contributed by atoms with van der Waals surface area (Å²) in [5, 5.41) is 7.33. The quantitative estimate of drug-likeness (QED) is 0.542. The summed E-state index contributed by atoms with van der Waals surface area (Å²) in [6.07, 6.45) is 3.92. The first-order valence-corrected chi connectivity index (χ1v) is 10.1. The summed E-state index contributed by atoms with van der Waals surface area (Å²) in [6, 6.07) is 16.6. The normalized spacial score (nSPS) is 17.4. The number of hydrogen-bond acceptors (Lipinski definition) is 5. The zero-order valence-electron chi connectivity index (χ0n) is 15.2. The Balaban J connectivity index is 1.60. The van der Waals surface area contributed by atoms with Gasteiger partial charge in [-0.15, -0.1) is 0 Å². The Bertz CT molecular complexity index is 975.